The van der Waals surface area contributed by atoms with Crippen molar-refractivity contribution in [1.82, 2.24) is 15.1 Å². The number of ether oxygens (including phenoxy) is 1. The van der Waals surface area contributed by atoms with Gasteiger partial charge in [-0.25, -0.2) is 14.5 Å². The van der Waals surface area contributed by atoms with Crippen LogP contribution in [0, 0.1) is 13.8 Å². The summed E-state index contributed by atoms with van der Waals surface area (Å²) < 4.78 is 6.36. The van der Waals surface area contributed by atoms with Gasteiger partial charge in [-0.05, 0) is 31.9 Å². The summed E-state index contributed by atoms with van der Waals surface area (Å²) in [5, 5.41) is 11.5. The highest BCUT2D eigenvalue weighted by Crippen LogP contribution is 2.32. The van der Waals surface area contributed by atoms with Gasteiger partial charge < -0.3 is 9.64 Å². The van der Waals surface area contributed by atoms with Crippen LogP contribution >= 0.6 is 23.1 Å². The summed E-state index contributed by atoms with van der Waals surface area (Å²) in [5.41, 5.74) is 2.73. The van der Waals surface area contributed by atoms with Crippen LogP contribution in [0.3, 0.4) is 0 Å². The molecule has 1 aliphatic rings. The third-order valence-electron chi connectivity index (χ3n) is 4.44. The first kappa shape index (κ1) is 21.4. The molecule has 2 heterocycles. The van der Waals surface area contributed by atoms with Crippen molar-refractivity contribution in [2.75, 3.05) is 29.6 Å². The minimum absolute atomic E-state index is 0.261. The molecular formula is C19H25N5O3S2. The second-order valence-corrected chi connectivity index (χ2v) is 9.19. The lowest BCUT2D eigenvalue weighted by molar-refractivity contribution is 0.116. The van der Waals surface area contributed by atoms with E-state index in [0.29, 0.717) is 10.8 Å². The summed E-state index contributed by atoms with van der Waals surface area (Å²) in [6.45, 7) is 6.30. The number of anilines is 2. The Kier molecular flexibility index (Phi) is 6.96. The maximum Gasteiger partial charge on any atom is 0.413 e. The van der Waals surface area contributed by atoms with Crippen LogP contribution in [0.4, 0.5) is 20.4 Å². The van der Waals surface area contributed by atoms with Crippen LogP contribution in [0.2, 0.25) is 0 Å². The molecule has 3 amide bonds. The van der Waals surface area contributed by atoms with Crippen molar-refractivity contribution >= 4 is 46.0 Å². The van der Waals surface area contributed by atoms with Crippen molar-refractivity contribution in [3.63, 3.8) is 0 Å². The summed E-state index contributed by atoms with van der Waals surface area (Å²) >= 11 is 2.95. The maximum atomic E-state index is 12.6. The molecule has 8 nitrogen and oxygen atoms in total. The topological polar surface area (TPSA) is 87.7 Å². The van der Waals surface area contributed by atoms with Gasteiger partial charge in [0, 0.05) is 18.5 Å². The average molecular weight is 436 g/mol. The van der Waals surface area contributed by atoms with E-state index in [9.17, 15) is 9.59 Å². The summed E-state index contributed by atoms with van der Waals surface area (Å²) in [5.74, 6) is 0.956. The summed E-state index contributed by atoms with van der Waals surface area (Å²) in [6, 6.07) is 5.46. The van der Waals surface area contributed by atoms with E-state index in [1.54, 1.807) is 18.8 Å². The van der Waals surface area contributed by atoms with Crippen molar-refractivity contribution in [2.45, 2.75) is 44.2 Å². The van der Waals surface area contributed by atoms with Crippen molar-refractivity contribution in [2.24, 2.45) is 0 Å². The molecule has 0 spiro atoms. The molecule has 1 aromatic carbocycles. The Morgan fingerprint density at radius 2 is 2.17 bits per heavy atom. The van der Waals surface area contributed by atoms with Crippen molar-refractivity contribution in [1.29, 1.82) is 0 Å². The molecular weight excluding hydrogens is 410 g/mol. The molecule has 3 rings (SSSR count). The summed E-state index contributed by atoms with van der Waals surface area (Å²) in [7, 11) is 1.67. The Labute approximate surface area is 178 Å². The van der Waals surface area contributed by atoms with Gasteiger partial charge in [-0.3, -0.25) is 5.32 Å². The van der Waals surface area contributed by atoms with Gasteiger partial charge in [0.25, 0.3) is 0 Å². The number of nitrogens with one attached hydrogen (secondary N) is 1. The number of nitrogens with zero attached hydrogens (tertiary/aromatic N) is 4. The Morgan fingerprint density at radius 3 is 2.90 bits per heavy atom. The average Bonchev–Trinajstić information content (AvgIpc) is 3.22. The number of aryl methyl sites for hydroxylation is 2. The minimum atomic E-state index is -0.764. The minimum Gasteiger partial charge on any atom is -0.423 e. The molecule has 1 fully saturated rings. The van der Waals surface area contributed by atoms with Gasteiger partial charge in [0.1, 0.15) is 0 Å². The lowest BCUT2D eigenvalue weighted by Crippen LogP contribution is -2.38. The zero-order chi connectivity index (χ0) is 21.0. The van der Waals surface area contributed by atoms with Crippen LogP contribution in [0.15, 0.2) is 22.5 Å². The van der Waals surface area contributed by atoms with E-state index < -0.39 is 12.3 Å². The third kappa shape index (κ3) is 5.18. The van der Waals surface area contributed by atoms with Gasteiger partial charge in [-0.2, -0.15) is 0 Å². The highest BCUT2D eigenvalue weighted by molar-refractivity contribution is 8.01. The fourth-order valence-electron chi connectivity index (χ4n) is 2.87. The smallest absolute Gasteiger partial charge is 0.413 e. The molecule has 1 atom stereocenters. The molecule has 29 heavy (non-hydrogen) atoms. The zero-order valence-electron chi connectivity index (χ0n) is 17.0. The van der Waals surface area contributed by atoms with E-state index in [-0.39, 0.29) is 12.6 Å². The second-order valence-electron chi connectivity index (χ2n) is 6.89. The first-order chi connectivity index (χ1) is 13.9. The van der Waals surface area contributed by atoms with Gasteiger partial charge in [0.2, 0.25) is 11.4 Å². The lowest BCUT2D eigenvalue weighted by Gasteiger charge is -2.20. The molecule has 0 aliphatic carbocycles. The molecule has 0 bridgehead atoms. The third-order valence-corrected chi connectivity index (χ3v) is 6.58. The van der Waals surface area contributed by atoms with E-state index in [2.05, 4.69) is 22.4 Å². The number of aromatic nitrogens is 2. The standard InChI is InChI=1S/C19H25N5O3S2/c1-5-6-9-28-18-22-21-16(29-18)24-15(11-23(4)19(24)26)27-17(25)20-14-8-7-12(2)10-13(14)3/h7-8,10,15H,5-6,9,11H2,1-4H3,(H,20,25). The van der Waals surface area contributed by atoms with Gasteiger partial charge in [-0.15, -0.1) is 10.2 Å². The first-order valence-corrected chi connectivity index (χ1v) is 11.2. The van der Waals surface area contributed by atoms with E-state index in [1.807, 2.05) is 32.0 Å². The molecule has 1 N–H and O–H groups in total. The number of carbonyl (C=O) groups excluding carboxylic acids is 2. The molecule has 1 unspecified atom stereocenters. The highest BCUT2D eigenvalue weighted by Gasteiger charge is 2.41. The Bertz CT molecular complexity index is 888. The number of hydrogen-bond acceptors (Lipinski definition) is 7. The summed E-state index contributed by atoms with van der Waals surface area (Å²) in [4.78, 5) is 27.9. The number of urea groups is 1. The summed E-state index contributed by atoms with van der Waals surface area (Å²) in [6.07, 6.45) is 0.825. The van der Waals surface area contributed by atoms with E-state index in [0.717, 1.165) is 34.1 Å². The van der Waals surface area contributed by atoms with Crippen molar-refractivity contribution in [3.05, 3.63) is 29.3 Å². The number of amides is 3. The Morgan fingerprint density at radius 1 is 1.38 bits per heavy atom. The van der Waals surface area contributed by atoms with Crippen LogP contribution in [-0.2, 0) is 4.74 Å². The van der Waals surface area contributed by atoms with Crippen LogP contribution in [0.5, 0.6) is 0 Å². The molecule has 2 aromatic rings. The molecule has 0 saturated carbocycles. The normalized spacial score (nSPS) is 16.4. The van der Waals surface area contributed by atoms with Crippen LogP contribution in [-0.4, -0.2) is 52.8 Å². The molecule has 156 valence electrons. The zero-order valence-corrected chi connectivity index (χ0v) is 18.6. The fourth-order valence-corrected chi connectivity index (χ4v) is 4.90. The van der Waals surface area contributed by atoms with Crippen LogP contribution in [0.1, 0.15) is 30.9 Å². The quantitative estimate of drug-likeness (QED) is 0.392. The largest absolute Gasteiger partial charge is 0.423 e. The molecule has 1 saturated heterocycles. The Balaban J connectivity index is 1.68. The van der Waals surface area contributed by atoms with Crippen molar-refractivity contribution in [3.8, 4) is 0 Å². The number of unbranched alkanes of at least 4 members (excludes halogenated alkanes) is 1. The number of thioether (sulfide) groups is 1. The highest BCUT2D eigenvalue weighted by atomic mass is 32.2. The number of hydrogen-bond donors (Lipinski definition) is 1. The molecule has 10 heteroatoms. The van der Waals surface area contributed by atoms with E-state index >= 15 is 0 Å². The van der Waals surface area contributed by atoms with Gasteiger partial charge in [-0.1, -0.05) is 54.1 Å². The fraction of sp³-hybridized carbons (Fsp3) is 0.474. The second kappa shape index (κ2) is 9.45. The molecule has 0 radical (unpaired) electrons. The van der Waals surface area contributed by atoms with E-state index in [4.69, 9.17) is 4.74 Å². The first-order valence-electron chi connectivity index (χ1n) is 9.44. The van der Waals surface area contributed by atoms with E-state index in [1.165, 1.54) is 21.1 Å². The van der Waals surface area contributed by atoms with Gasteiger partial charge in [0.15, 0.2) is 4.34 Å². The van der Waals surface area contributed by atoms with Gasteiger partial charge in [0.05, 0.1) is 6.54 Å². The molecule has 1 aromatic heterocycles. The van der Waals surface area contributed by atoms with Crippen LogP contribution in [0.25, 0.3) is 0 Å². The number of rotatable bonds is 7. The number of benzene rings is 1. The van der Waals surface area contributed by atoms with Crippen LogP contribution < -0.4 is 10.2 Å². The van der Waals surface area contributed by atoms with Gasteiger partial charge >= 0.3 is 12.1 Å². The Hall–Kier alpha value is -2.33. The molecule has 1 aliphatic heterocycles. The predicted molar refractivity (Wildman–Crippen MR) is 116 cm³/mol. The monoisotopic (exact) mass is 435 g/mol. The number of likely N-dealkylation sites (N-methyl/N-ethyl adjacent to an activating group) is 1. The predicted octanol–water partition coefficient (Wildman–Crippen LogP) is 4.49. The lowest BCUT2D eigenvalue weighted by atomic mass is 10.1. The SMILES string of the molecule is CCCCSc1nnc(N2C(=O)N(C)CC2OC(=O)Nc2ccc(C)cc2C)s1. The van der Waals surface area contributed by atoms with Crippen molar-refractivity contribution < 1.29 is 14.3 Å². The maximum absolute atomic E-state index is 12.6. The number of carbonyl (C=O) groups is 2.